The molecule has 1 nitrogen and oxygen atoms in total. The lowest BCUT2D eigenvalue weighted by molar-refractivity contribution is 0.354. The van der Waals surface area contributed by atoms with Crippen molar-refractivity contribution in [2.45, 2.75) is 26.8 Å². The van der Waals surface area contributed by atoms with Crippen molar-refractivity contribution in [3.8, 4) is 0 Å². The van der Waals surface area contributed by atoms with E-state index in [2.05, 4.69) is 56.8 Å². The van der Waals surface area contributed by atoms with Crippen LogP contribution in [0, 0.1) is 0 Å². The van der Waals surface area contributed by atoms with E-state index in [1.807, 2.05) is 0 Å². The van der Waals surface area contributed by atoms with Crippen molar-refractivity contribution < 1.29 is 4.43 Å². The van der Waals surface area contributed by atoms with Gasteiger partial charge in [-0.2, -0.15) is 0 Å². The Labute approximate surface area is 94.5 Å². The first kappa shape index (κ1) is 12.2. The molecule has 0 aliphatic heterocycles. The molecule has 0 fully saturated rings. The van der Waals surface area contributed by atoms with E-state index < -0.39 is 9.04 Å². The molecule has 81 valence electrons. The van der Waals surface area contributed by atoms with Gasteiger partial charge in [-0.15, -0.1) is 0 Å². The van der Waals surface area contributed by atoms with Gasteiger partial charge >= 0.3 is 0 Å². The van der Waals surface area contributed by atoms with Crippen molar-refractivity contribution in [3.63, 3.8) is 0 Å². The van der Waals surface area contributed by atoms with Crippen molar-refractivity contribution in [2.24, 2.45) is 0 Å². The van der Waals surface area contributed by atoms with E-state index >= 15 is 0 Å². The average molecular weight is 219 g/mol. The van der Waals surface area contributed by atoms with Crippen LogP contribution >= 0.6 is 0 Å². The van der Waals surface area contributed by atoms with E-state index in [4.69, 9.17) is 4.43 Å². The summed E-state index contributed by atoms with van der Waals surface area (Å²) in [4.78, 5) is 0. The molecule has 0 amide bonds. The highest BCUT2D eigenvalue weighted by molar-refractivity contribution is 6.66. The first-order chi connectivity index (χ1) is 7.27. The summed E-state index contributed by atoms with van der Waals surface area (Å²) < 4.78 is 5.67. The number of benzene rings is 1. The molecule has 0 aliphatic carbocycles. The van der Waals surface area contributed by atoms with Crippen LogP contribution in [0.25, 0.3) is 6.08 Å². The van der Waals surface area contributed by atoms with Gasteiger partial charge in [0.05, 0.1) is 0 Å². The fourth-order valence-corrected chi connectivity index (χ4v) is 2.72. The van der Waals surface area contributed by atoms with Crippen molar-refractivity contribution >= 4 is 20.3 Å². The van der Waals surface area contributed by atoms with E-state index in [1.165, 1.54) is 10.8 Å². The minimum atomic E-state index is -0.799. The molecule has 0 saturated carbocycles. The largest absolute Gasteiger partial charge is 0.412 e. The maximum atomic E-state index is 5.67. The molecule has 1 aromatic rings. The third-order valence-electron chi connectivity index (χ3n) is 2.20. The Kier molecular flexibility index (Phi) is 5.36. The summed E-state index contributed by atoms with van der Waals surface area (Å²) in [6.45, 7) is 7.20. The SMILES string of the molecule is CCC=Cc1cccc([Si](C)OCC)c1. The van der Waals surface area contributed by atoms with Crippen LogP contribution in [0.4, 0.5) is 0 Å². The highest BCUT2D eigenvalue weighted by Gasteiger charge is 2.07. The third kappa shape index (κ3) is 4.02. The smallest absolute Gasteiger partial charge is 0.243 e. The van der Waals surface area contributed by atoms with Gasteiger partial charge in [-0.3, -0.25) is 0 Å². The van der Waals surface area contributed by atoms with Crippen LogP contribution in [0.1, 0.15) is 25.8 Å². The summed E-state index contributed by atoms with van der Waals surface area (Å²) in [5, 5.41) is 1.35. The minimum absolute atomic E-state index is 0.799. The molecule has 0 unspecified atom stereocenters. The Morgan fingerprint density at radius 3 is 2.80 bits per heavy atom. The van der Waals surface area contributed by atoms with Gasteiger partial charge in [-0.05, 0) is 30.6 Å². The summed E-state index contributed by atoms with van der Waals surface area (Å²) in [6, 6.07) is 8.64. The van der Waals surface area contributed by atoms with Gasteiger partial charge in [-0.25, -0.2) is 0 Å². The van der Waals surface area contributed by atoms with Crippen LogP contribution < -0.4 is 5.19 Å². The summed E-state index contributed by atoms with van der Waals surface area (Å²) in [5.74, 6) is 0. The monoisotopic (exact) mass is 219 g/mol. The molecule has 0 aromatic heterocycles. The Morgan fingerprint density at radius 2 is 2.13 bits per heavy atom. The molecule has 1 radical (unpaired) electrons. The molecule has 0 aliphatic rings. The third-order valence-corrected chi connectivity index (χ3v) is 4.05. The first-order valence-electron chi connectivity index (χ1n) is 5.51. The van der Waals surface area contributed by atoms with Crippen LogP contribution in [0.2, 0.25) is 6.55 Å². The Balaban J connectivity index is 2.77. The molecule has 1 rings (SSSR count). The molecule has 2 heteroatoms. The van der Waals surface area contributed by atoms with Crippen LogP contribution in [0.5, 0.6) is 0 Å². The van der Waals surface area contributed by atoms with Gasteiger partial charge in [0.25, 0.3) is 0 Å². The molecular weight excluding hydrogens is 200 g/mol. The molecule has 1 aromatic carbocycles. The van der Waals surface area contributed by atoms with Crippen molar-refractivity contribution in [2.75, 3.05) is 6.61 Å². The lowest BCUT2D eigenvalue weighted by atomic mass is 10.2. The van der Waals surface area contributed by atoms with Gasteiger partial charge in [0.2, 0.25) is 9.04 Å². The minimum Gasteiger partial charge on any atom is -0.412 e. The highest BCUT2D eigenvalue weighted by atomic mass is 28.3. The zero-order chi connectivity index (χ0) is 11.1. The van der Waals surface area contributed by atoms with Crippen molar-refractivity contribution in [3.05, 3.63) is 35.9 Å². The Hall–Kier alpha value is -0.863. The lowest BCUT2D eigenvalue weighted by Crippen LogP contribution is -2.30. The average Bonchev–Trinajstić information content (AvgIpc) is 2.27. The number of hydrogen-bond acceptors (Lipinski definition) is 1. The molecule has 0 saturated heterocycles. The molecule has 0 atom stereocenters. The van der Waals surface area contributed by atoms with Crippen LogP contribution in [-0.2, 0) is 4.43 Å². The zero-order valence-corrected chi connectivity index (χ0v) is 10.8. The van der Waals surface area contributed by atoms with E-state index in [0.717, 1.165) is 13.0 Å². The molecular formula is C13H19OSi. The fourth-order valence-electron chi connectivity index (χ4n) is 1.42. The quantitative estimate of drug-likeness (QED) is 0.692. The molecule has 0 N–H and O–H groups in total. The molecule has 0 bridgehead atoms. The van der Waals surface area contributed by atoms with Crippen molar-refractivity contribution in [1.82, 2.24) is 0 Å². The second kappa shape index (κ2) is 6.59. The van der Waals surface area contributed by atoms with Crippen LogP contribution in [0.15, 0.2) is 30.3 Å². The van der Waals surface area contributed by atoms with E-state index in [0.29, 0.717) is 0 Å². The van der Waals surface area contributed by atoms with Crippen LogP contribution in [-0.4, -0.2) is 15.6 Å². The van der Waals surface area contributed by atoms with Crippen LogP contribution in [0.3, 0.4) is 0 Å². The predicted octanol–water partition coefficient (Wildman–Crippen LogP) is 2.97. The number of rotatable bonds is 5. The normalized spacial score (nSPS) is 11.5. The first-order valence-corrected chi connectivity index (χ1v) is 7.42. The summed E-state index contributed by atoms with van der Waals surface area (Å²) in [7, 11) is -0.799. The van der Waals surface area contributed by atoms with E-state index in [9.17, 15) is 0 Å². The summed E-state index contributed by atoms with van der Waals surface area (Å²) in [5.41, 5.74) is 1.28. The highest BCUT2D eigenvalue weighted by Crippen LogP contribution is 2.02. The number of allylic oxidation sites excluding steroid dienone is 1. The molecule has 0 spiro atoms. The van der Waals surface area contributed by atoms with Gasteiger partial charge in [0.15, 0.2) is 0 Å². The zero-order valence-electron chi connectivity index (χ0n) is 9.79. The van der Waals surface area contributed by atoms with Gasteiger partial charge in [-0.1, -0.05) is 43.3 Å². The second-order valence-corrected chi connectivity index (χ2v) is 5.40. The maximum absolute atomic E-state index is 5.67. The Morgan fingerprint density at radius 1 is 1.33 bits per heavy atom. The van der Waals surface area contributed by atoms with Gasteiger partial charge in [0, 0.05) is 6.61 Å². The second-order valence-electron chi connectivity index (χ2n) is 3.43. The van der Waals surface area contributed by atoms with Gasteiger partial charge in [0.1, 0.15) is 0 Å². The summed E-state index contributed by atoms with van der Waals surface area (Å²) >= 11 is 0. The van der Waals surface area contributed by atoms with E-state index in [1.54, 1.807) is 0 Å². The standard InChI is InChI=1S/C13H19OSi/c1-4-6-8-12-9-7-10-13(11-12)15(3)14-5-2/h6-11H,4-5H2,1-3H3. The number of hydrogen-bond donors (Lipinski definition) is 0. The Bertz CT molecular complexity index is 320. The predicted molar refractivity (Wildman–Crippen MR) is 68.6 cm³/mol. The lowest BCUT2D eigenvalue weighted by Gasteiger charge is -2.09. The van der Waals surface area contributed by atoms with Crippen molar-refractivity contribution in [1.29, 1.82) is 0 Å². The summed E-state index contributed by atoms with van der Waals surface area (Å²) in [6.07, 6.45) is 5.44. The molecule has 0 heterocycles. The van der Waals surface area contributed by atoms with E-state index in [-0.39, 0.29) is 0 Å². The maximum Gasteiger partial charge on any atom is 0.243 e. The molecule has 15 heavy (non-hydrogen) atoms. The van der Waals surface area contributed by atoms with Gasteiger partial charge < -0.3 is 4.43 Å². The fraction of sp³-hybridized carbons (Fsp3) is 0.385. The topological polar surface area (TPSA) is 9.23 Å².